The van der Waals surface area contributed by atoms with E-state index >= 15 is 0 Å². The van der Waals surface area contributed by atoms with E-state index in [0.717, 1.165) is 0 Å². The maximum Gasteiger partial charge on any atom is 0.338 e. The maximum absolute atomic E-state index is 12.2. The molecule has 0 bridgehead atoms. The maximum atomic E-state index is 12.2. The van der Waals surface area contributed by atoms with Gasteiger partial charge in [-0.15, -0.1) is 0 Å². The first-order valence-corrected chi connectivity index (χ1v) is 7.10. The van der Waals surface area contributed by atoms with E-state index in [4.69, 9.17) is 27.9 Å². The van der Waals surface area contributed by atoms with E-state index in [2.05, 4.69) is 10.6 Å². The molecule has 2 N–H and O–H groups in total. The minimum atomic E-state index is -0.751. The summed E-state index contributed by atoms with van der Waals surface area (Å²) in [6.45, 7) is 3.56. The first-order valence-electron chi connectivity index (χ1n) is 6.35. The highest BCUT2D eigenvalue weighted by Gasteiger charge is 2.34. The van der Waals surface area contributed by atoms with Gasteiger partial charge >= 0.3 is 12.0 Å². The zero-order valence-electron chi connectivity index (χ0n) is 11.5. The van der Waals surface area contributed by atoms with Crippen molar-refractivity contribution in [2.45, 2.75) is 19.9 Å². The number of benzene rings is 1. The number of amides is 2. The molecule has 1 aromatic carbocycles. The number of ether oxygens (including phenoxy) is 1. The molecule has 1 heterocycles. The van der Waals surface area contributed by atoms with Crippen molar-refractivity contribution in [2.24, 2.45) is 0 Å². The lowest BCUT2D eigenvalue weighted by molar-refractivity contribution is -0.139. The fourth-order valence-corrected chi connectivity index (χ4v) is 2.79. The van der Waals surface area contributed by atoms with Crippen molar-refractivity contribution >= 4 is 35.2 Å². The Morgan fingerprint density at radius 2 is 1.95 bits per heavy atom. The fourth-order valence-electron chi connectivity index (χ4n) is 2.18. The van der Waals surface area contributed by atoms with Gasteiger partial charge in [0, 0.05) is 21.3 Å². The van der Waals surface area contributed by atoms with Crippen LogP contribution in [-0.2, 0) is 9.53 Å². The van der Waals surface area contributed by atoms with Gasteiger partial charge in [0.05, 0.1) is 18.2 Å². The lowest BCUT2D eigenvalue weighted by atomic mass is 9.95. The van der Waals surface area contributed by atoms with Crippen LogP contribution in [0.4, 0.5) is 4.79 Å². The van der Waals surface area contributed by atoms with Crippen LogP contribution in [0.1, 0.15) is 25.5 Å². The minimum Gasteiger partial charge on any atom is -0.463 e. The summed E-state index contributed by atoms with van der Waals surface area (Å²) in [4.78, 5) is 23.9. The molecule has 1 aromatic rings. The average molecular weight is 329 g/mol. The van der Waals surface area contributed by atoms with E-state index in [0.29, 0.717) is 21.3 Å². The first-order chi connectivity index (χ1) is 9.95. The second-order valence-corrected chi connectivity index (χ2v) is 5.24. The predicted octanol–water partition coefficient (Wildman–Crippen LogP) is 3.18. The van der Waals surface area contributed by atoms with Crippen molar-refractivity contribution in [1.82, 2.24) is 10.6 Å². The highest BCUT2D eigenvalue weighted by atomic mass is 35.5. The zero-order valence-corrected chi connectivity index (χ0v) is 13.0. The van der Waals surface area contributed by atoms with E-state index in [1.807, 2.05) is 0 Å². The van der Waals surface area contributed by atoms with Gasteiger partial charge in [0.1, 0.15) is 0 Å². The van der Waals surface area contributed by atoms with Crippen molar-refractivity contribution in [2.75, 3.05) is 6.61 Å². The van der Waals surface area contributed by atoms with Gasteiger partial charge in [0.15, 0.2) is 0 Å². The van der Waals surface area contributed by atoms with Gasteiger partial charge in [-0.25, -0.2) is 9.59 Å². The topological polar surface area (TPSA) is 67.4 Å². The summed E-state index contributed by atoms with van der Waals surface area (Å²) < 4.78 is 5.04. The molecular formula is C14H14Cl2N2O3. The Kier molecular flexibility index (Phi) is 4.75. The number of allylic oxidation sites excluding steroid dienone is 1. The number of esters is 1. The fraction of sp³-hybridized carbons (Fsp3) is 0.286. The van der Waals surface area contributed by atoms with Gasteiger partial charge in [-0.1, -0.05) is 29.3 Å². The molecule has 0 unspecified atom stereocenters. The molecule has 112 valence electrons. The second-order valence-electron chi connectivity index (χ2n) is 4.43. The van der Waals surface area contributed by atoms with Crippen molar-refractivity contribution < 1.29 is 14.3 Å². The highest BCUT2D eigenvalue weighted by molar-refractivity contribution is 6.36. The normalized spacial score (nSPS) is 18.1. The van der Waals surface area contributed by atoms with E-state index < -0.39 is 18.0 Å². The molecule has 0 saturated carbocycles. The molecule has 21 heavy (non-hydrogen) atoms. The molecule has 1 atom stereocenters. The third kappa shape index (κ3) is 3.14. The van der Waals surface area contributed by atoms with Crippen LogP contribution < -0.4 is 10.6 Å². The van der Waals surface area contributed by atoms with Gasteiger partial charge in [-0.2, -0.15) is 0 Å². The van der Waals surface area contributed by atoms with E-state index in [1.165, 1.54) is 0 Å². The second kappa shape index (κ2) is 6.37. The van der Waals surface area contributed by atoms with Crippen LogP contribution >= 0.6 is 23.2 Å². The number of nitrogens with one attached hydrogen (secondary N) is 2. The Hall–Kier alpha value is -1.72. The van der Waals surface area contributed by atoms with Gasteiger partial charge in [-0.3, -0.25) is 0 Å². The quantitative estimate of drug-likeness (QED) is 0.837. The molecule has 1 aliphatic rings. The molecule has 0 fully saturated rings. The monoisotopic (exact) mass is 328 g/mol. The molecule has 0 aliphatic carbocycles. The van der Waals surface area contributed by atoms with Crippen molar-refractivity contribution in [1.29, 1.82) is 0 Å². The Morgan fingerprint density at radius 3 is 2.52 bits per heavy atom. The smallest absolute Gasteiger partial charge is 0.338 e. The number of rotatable bonds is 3. The molecule has 2 rings (SSSR count). The molecule has 0 aromatic heterocycles. The van der Waals surface area contributed by atoms with E-state index in [-0.39, 0.29) is 12.2 Å². The summed E-state index contributed by atoms with van der Waals surface area (Å²) in [6.07, 6.45) is 0. The standard InChI is InChI=1S/C14H14Cl2N2O3/c1-3-21-13(19)10-7(2)17-14(20)18-12(10)11-8(15)5-4-6-9(11)16/h4-6,12H,3H2,1-2H3,(H2,17,18,20)/t12-/m0/s1. The van der Waals surface area contributed by atoms with Crippen molar-refractivity contribution in [3.8, 4) is 0 Å². The molecule has 7 heteroatoms. The predicted molar refractivity (Wildman–Crippen MR) is 80.2 cm³/mol. The molecule has 0 saturated heterocycles. The number of carbonyl (C=O) groups is 2. The van der Waals surface area contributed by atoms with Crippen LogP contribution in [-0.4, -0.2) is 18.6 Å². The van der Waals surface area contributed by atoms with Crippen LogP contribution in [0.5, 0.6) is 0 Å². The largest absolute Gasteiger partial charge is 0.463 e. The SMILES string of the molecule is CCOC(=O)C1=C(C)NC(=O)N[C@@H]1c1c(Cl)cccc1Cl. The van der Waals surface area contributed by atoms with Gasteiger partial charge in [0.25, 0.3) is 0 Å². The lowest BCUT2D eigenvalue weighted by Gasteiger charge is -2.29. The summed E-state index contributed by atoms with van der Waals surface area (Å²) in [5.41, 5.74) is 1.17. The van der Waals surface area contributed by atoms with Crippen LogP contribution in [0.2, 0.25) is 10.0 Å². The number of halogens is 2. The molecule has 1 aliphatic heterocycles. The number of hydrogen-bond donors (Lipinski definition) is 2. The lowest BCUT2D eigenvalue weighted by Crippen LogP contribution is -2.45. The number of hydrogen-bond acceptors (Lipinski definition) is 3. The molecule has 5 nitrogen and oxygen atoms in total. The van der Waals surface area contributed by atoms with E-state index in [1.54, 1.807) is 32.0 Å². The third-order valence-electron chi connectivity index (χ3n) is 3.05. The van der Waals surface area contributed by atoms with Gasteiger partial charge in [-0.05, 0) is 26.0 Å². The van der Waals surface area contributed by atoms with Crippen LogP contribution in [0.25, 0.3) is 0 Å². The Morgan fingerprint density at radius 1 is 1.33 bits per heavy atom. The number of urea groups is 1. The van der Waals surface area contributed by atoms with Gasteiger partial charge in [0.2, 0.25) is 0 Å². The van der Waals surface area contributed by atoms with Crippen LogP contribution in [0.3, 0.4) is 0 Å². The number of carbonyl (C=O) groups excluding carboxylic acids is 2. The van der Waals surface area contributed by atoms with Crippen LogP contribution in [0, 0.1) is 0 Å². The van der Waals surface area contributed by atoms with Gasteiger partial charge < -0.3 is 15.4 Å². The highest BCUT2D eigenvalue weighted by Crippen LogP contribution is 2.36. The van der Waals surface area contributed by atoms with Crippen molar-refractivity contribution in [3.05, 3.63) is 45.1 Å². The zero-order chi connectivity index (χ0) is 15.6. The Labute approximate surface area is 132 Å². The summed E-state index contributed by atoms with van der Waals surface area (Å²) in [7, 11) is 0. The molecule has 0 radical (unpaired) electrons. The molecule has 2 amide bonds. The Balaban J connectivity index is 2.55. The molecular weight excluding hydrogens is 315 g/mol. The average Bonchev–Trinajstić information content (AvgIpc) is 2.37. The minimum absolute atomic E-state index is 0.229. The first kappa shape index (κ1) is 15.7. The summed E-state index contributed by atoms with van der Waals surface area (Å²) in [6, 6.07) is 3.81. The summed E-state index contributed by atoms with van der Waals surface area (Å²) in [5, 5.41) is 5.94. The Bertz CT molecular complexity index is 608. The third-order valence-corrected chi connectivity index (χ3v) is 3.71. The van der Waals surface area contributed by atoms with E-state index in [9.17, 15) is 9.59 Å². The van der Waals surface area contributed by atoms with Crippen molar-refractivity contribution in [3.63, 3.8) is 0 Å². The molecule has 0 spiro atoms. The van der Waals surface area contributed by atoms with Crippen LogP contribution in [0.15, 0.2) is 29.5 Å². The summed E-state index contributed by atoms with van der Waals surface area (Å²) in [5.74, 6) is -0.525. The summed E-state index contributed by atoms with van der Waals surface area (Å²) >= 11 is 12.3.